The summed E-state index contributed by atoms with van der Waals surface area (Å²) in [5.74, 6) is 1.45. The van der Waals surface area contributed by atoms with Gasteiger partial charge in [0.2, 0.25) is 12.7 Å². The van der Waals surface area contributed by atoms with E-state index in [1.54, 1.807) is 0 Å². The fourth-order valence-corrected chi connectivity index (χ4v) is 4.03. The molecule has 0 spiro atoms. The molecule has 1 radical (unpaired) electrons. The van der Waals surface area contributed by atoms with E-state index in [0.717, 1.165) is 52.1 Å². The Morgan fingerprint density at radius 2 is 1.77 bits per heavy atom. The molecule has 0 saturated heterocycles. The summed E-state index contributed by atoms with van der Waals surface area (Å²) in [7, 11) is 0. The van der Waals surface area contributed by atoms with Gasteiger partial charge in [0.25, 0.3) is 0 Å². The molecule has 1 aliphatic heterocycles. The first-order valence-electron chi connectivity index (χ1n) is 10.2. The van der Waals surface area contributed by atoms with Gasteiger partial charge in [0.05, 0.1) is 5.41 Å². The van der Waals surface area contributed by atoms with Gasteiger partial charge in [0, 0.05) is 12.2 Å². The molecule has 1 heterocycles. The summed E-state index contributed by atoms with van der Waals surface area (Å²) < 4.78 is 10.9. The Labute approximate surface area is 175 Å². The molecule has 1 aliphatic carbocycles. The minimum atomic E-state index is -0.498. The van der Waals surface area contributed by atoms with Crippen LogP contribution in [0.3, 0.4) is 0 Å². The lowest BCUT2D eigenvalue weighted by Crippen LogP contribution is -2.27. The Hall–Kier alpha value is -3.31. The minimum absolute atomic E-state index is 0.0146. The molecular formula is C25H23N2O3. The van der Waals surface area contributed by atoms with E-state index in [4.69, 9.17) is 15.2 Å². The first kappa shape index (κ1) is 18.7. The zero-order chi connectivity index (χ0) is 20.7. The second-order valence-electron chi connectivity index (χ2n) is 8.01. The molecule has 5 rings (SSSR count). The van der Waals surface area contributed by atoms with Crippen LogP contribution in [0.5, 0.6) is 11.5 Å². The van der Waals surface area contributed by atoms with Gasteiger partial charge in [0.1, 0.15) is 0 Å². The molecule has 1 amide bonds. The molecule has 0 bridgehead atoms. The third kappa shape index (κ3) is 3.21. The van der Waals surface area contributed by atoms with Crippen LogP contribution in [-0.2, 0) is 16.8 Å². The molecule has 5 nitrogen and oxygen atoms in total. The van der Waals surface area contributed by atoms with Crippen LogP contribution in [0.15, 0.2) is 60.7 Å². The minimum Gasteiger partial charge on any atom is -0.454 e. The van der Waals surface area contributed by atoms with E-state index in [2.05, 4.69) is 12.2 Å². The van der Waals surface area contributed by atoms with Crippen molar-refractivity contribution in [3.63, 3.8) is 0 Å². The molecule has 2 N–H and O–H groups in total. The highest BCUT2D eigenvalue weighted by atomic mass is 16.7. The number of carbonyl (C=O) groups excluding carboxylic acids is 1. The van der Waals surface area contributed by atoms with Crippen molar-refractivity contribution in [1.29, 1.82) is 0 Å². The molecular weight excluding hydrogens is 376 g/mol. The average Bonchev–Trinajstić information content (AvgIpc) is 3.46. The number of nitrogens with one attached hydrogen (secondary N) is 2. The first-order chi connectivity index (χ1) is 14.6. The molecule has 30 heavy (non-hydrogen) atoms. The zero-order valence-corrected chi connectivity index (χ0v) is 16.8. The SMILES string of the molecule is Cc1ccc(NC(=O)C2(c3ccc4c(c3)OCO4)CC2)cc1-c1ccc(C[NH])cc1. The van der Waals surface area contributed by atoms with E-state index in [-0.39, 0.29) is 19.2 Å². The topological polar surface area (TPSA) is 71.4 Å². The van der Waals surface area contributed by atoms with Crippen molar-refractivity contribution in [2.45, 2.75) is 31.7 Å². The summed E-state index contributed by atoms with van der Waals surface area (Å²) in [5, 5.41) is 3.13. The van der Waals surface area contributed by atoms with Crippen molar-refractivity contribution >= 4 is 11.6 Å². The number of hydrogen-bond acceptors (Lipinski definition) is 3. The molecule has 1 fully saturated rings. The molecule has 0 aromatic heterocycles. The highest BCUT2D eigenvalue weighted by Crippen LogP contribution is 2.51. The second kappa shape index (κ2) is 7.18. The fraction of sp³-hybridized carbons (Fsp3) is 0.240. The second-order valence-corrected chi connectivity index (χ2v) is 8.01. The van der Waals surface area contributed by atoms with E-state index in [9.17, 15) is 4.79 Å². The van der Waals surface area contributed by atoms with Gasteiger partial charge in [-0.1, -0.05) is 36.4 Å². The molecule has 3 aromatic carbocycles. The summed E-state index contributed by atoms with van der Waals surface area (Å²) in [6.45, 7) is 2.57. The van der Waals surface area contributed by atoms with Gasteiger partial charge >= 0.3 is 0 Å². The Bertz CT molecular complexity index is 1120. The van der Waals surface area contributed by atoms with E-state index >= 15 is 0 Å². The van der Waals surface area contributed by atoms with Crippen LogP contribution >= 0.6 is 0 Å². The van der Waals surface area contributed by atoms with E-state index in [1.807, 2.05) is 60.7 Å². The number of rotatable bonds is 5. The van der Waals surface area contributed by atoms with Crippen molar-refractivity contribution < 1.29 is 14.3 Å². The zero-order valence-electron chi connectivity index (χ0n) is 16.8. The lowest BCUT2D eigenvalue weighted by atomic mass is 9.94. The predicted octanol–water partition coefficient (Wildman–Crippen LogP) is 4.84. The molecule has 5 heteroatoms. The van der Waals surface area contributed by atoms with Gasteiger partial charge < -0.3 is 14.8 Å². The number of hydrogen-bond donors (Lipinski definition) is 1. The number of anilines is 1. The normalized spacial score (nSPS) is 15.7. The number of fused-ring (bicyclic) bond motifs is 1. The number of benzene rings is 3. The maximum atomic E-state index is 13.2. The predicted molar refractivity (Wildman–Crippen MR) is 116 cm³/mol. The van der Waals surface area contributed by atoms with Crippen molar-refractivity contribution in [2.24, 2.45) is 0 Å². The van der Waals surface area contributed by atoms with Crippen LogP contribution in [0.25, 0.3) is 11.1 Å². The van der Waals surface area contributed by atoms with Crippen LogP contribution in [0.4, 0.5) is 5.69 Å². The maximum absolute atomic E-state index is 13.2. The Kier molecular flexibility index (Phi) is 4.48. The monoisotopic (exact) mass is 399 g/mol. The molecule has 0 unspecified atom stereocenters. The highest BCUT2D eigenvalue weighted by Gasteiger charge is 2.51. The van der Waals surface area contributed by atoms with Crippen LogP contribution in [0, 0.1) is 6.92 Å². The smallest absolute Gasteiger partial charge is 0.235 e. The number of amides is 1. The molecule has 151 valence electrons. The van der Waals surface area contributed by atoms with Gasteiger partial charge in [-0.3, -0.25) is 10.5 Å². The van der Waals surface area contributed by atoms with Crippen LogP contribution in [0.2, 0.25) is 0 Å². The van der Waals surface area contributed by atoms with Crippen molar-refractivity contribution in [3.8, 4) is 22.6 Å². The third-order valence-electron chi connectivity index (χ3n) is 6.07. The molecule has 2 aliphatic rings. The van der Waals surface area contributed by atoms with Crippen LogP contribution in [0.1, 0.15) is 29.5 Å². The Balaban J connectivity index is 1.39. The quantitative estimate of drug-likeness (QED) is 0.667. The van der Waals surface area contributed by atoms with Gasteiger partial charge in [-0.25, -0.2) is 0 Å². The fourth-order valence-electron chi connectivity index (χ4n) is 4.03. The summed E-state index contributed by atoms with van der Waals surface area (Å²) in [4.78, 5) is 13.2. The largest absolute Gasteiger partial charge is 0.454 e. The molecule has 0 atom stereocenters. The lowest BCUT2D eigenvalue weighted by Gasteiger charge is -2.17. The van der Waals surface area contributed by atoms with Crippen LogP contribution < -0.4 is 20.5 Å². The standard InChI is InChI=1S/C25H23N2O3/c1-16-2-8-20(13-21(16)18-5-3-17(14-26)4-6-18)27-24(28)25(10-11-25)19-7-9-22-23(12-19)30-15-29-22/h2-9,12-13,26H,10-11,14-15H2,1H3,(H,27,28). The molecule has 1 saturated carbocycles. The number of carbonyl (C=O) groups is 1. The Morgan fingerprint density at radius 3 is 2.50 bits per heavy atom. The summed E-state index contributed by atoms with van der Waals surface area (Å²) in [6.07, 6.45) is 1.65. The van der Waals surface area contributed by atoms with E-state index in [0.29, 0.717) is 5.75 Å². The van der Waals surface area contributed by atoms with E-state index in [1.165, 1.54) is 0 Å². The van der Waals surface area contributed by atoms with Gasteiger partial charge in [-0.05, 0) is 71.8 Å². The Morgan fingerprint density at radius 1 is 1.00 bits per heavy atom. The van der Waals surface area contributed by atoms with E-state index < -0.39 is 5.41 Å². The number of aryl methyl sites for hydroxylation is 1. The van der Waals surface area contributed by atoms with Crippen molar-refractivity contribution in [1.82, 2.24) is 5.73 Å². The van der Waals surface area contributed by atoms with Crippen molar-refractivity contribution in [2.75, 3.05) is 12.1 Å². The molecule has 3 aromatic rings. The van der Waals surface area contributed by atoms with Crippen molar-refractivity contribution in [3.05, 3.63) is 77.4 Å². The third-order valence-corrected chi connectivity index (χ3v) is 6.07. The van der Waals surface area contributed by atoms with Gasteiger partial charge in [-0.2, -0.15) is 0 Å². The highest BCUT2D eigenvalue weighted by molar-refractivity contribution is 6.02. The summed E-state index contributed by atoms with van der Waals surface area (Å²) in [5.41, 5.74) is 13.0. The lowest BCUT2D eigenvalue weighted by molar-refractivity contribution is -0.118. The average molecular weight is 399 g/mol. The maximum Gasteiger partial charge on any atom is 0.235 e. The summed E-state index contributed by atoms with van der Waals surface area (Å²) >= 11 is 0. The summed E-state index contributed by atoms with van der Waals surface area (Å²) in [6, 6.07) is 19.8. The van der Waals surface area contributed by atoms with Gasteiger partial charge in [-0.15, -0.1) is 0 Å². The first-order valence-corrected chi connectivity index (χ1v) is 10.2. The van der Waals surface area contributed by atoms with Gasteiger partial charge in [0.15, 0.2) is 11.5 Å². The number of ether oxygens (including phenoxy) is 2. The van der Waals surface area contributed by atoms with Crippen LogP contribution in [-0.4, -0.2) is 12.7 Å².